The topological polar surface area (TPSA) is 0 Å². The highest BCUT2D eigenvalue weighted by Crippen LogP contribution is 2.31. The Morgan fingerprint density at radius 3 is 1.56 bits per heavy atom. The highest BCUT2D eigenvalue weighted by molar-refractivity contribution is 5.82. The Labute approximate surface area is 110 Å². The van der Waals surface area contributed by atoms with Gasteiger partial charge in [0.1, 0.15) is 0 Å². The van der Waals surface area contributed by atoms with Crippen molar-refractivity contribution >= 4 is 5.57 Å². The molecular formula is C18H20. The number of benzene rings is 2. The Morgan fingerprint density at radius 1 is 0.722 bits per heavy atom. The quantitative estimate of drug-likeness (QED) is 0.612. The van der Waals surface area contributed by atoms with Crippen molar-refractivity contribution in [1.82, 2.24) is 0 Å². The molecule has 92 valence electrons. The van der Waals surface area contributed by atoms with Crippen molar-refractivity contribution in [2.75, 3.05) is 0 Å². The van der Waals surface area contributed by atoms with Gasteiger partial charge in [-0.15, -0.1) is 0 Å². The van der Waals surface area contributed by atoms with Crippen LogP contribution in [0.3, 0.4) is 0 Å². The first kappa shape index (κ1) is 12.6. The van der Waals surface area contributed by atoms with Crippen LogP contribution >= 0.6 is 0 Å². The molecule has 0 spiro atoms. The van der Waals surface area contributed by atoms with Crippen LogP contribution < -0.4 is 0 Å². The largest absolute Gasteiger partial charge is 0.0905 e. The third-order valence-corrected chi connectivity index (χ3v) is 3.35. The summed E-state index contributed by atoms with van der Waals surface area (Å²) in [4.78, 5) is 0. The molecule has 0 fully saturated rings. The number of fused-ring (bicyclic) bond motifs is 2. The maximum absolute atomic E-state index is 4.26. The molecule has 0 aromatic heterocycles. The second kappa shape index (κ2) is 5.68. The Kier molecular flexibility index (Phi) is 3.99. The monoisotopic (exact) mass is 236 g/mol. The Balaban J connectivity index is 0.000000574. The minimum absolute atomic E-state index is 1.12. The first-order chi connectivity index (χ1) is 8.86. The van der Waals surface area contributed by atoms with Gasteiger partial charge in [0.2, 0.25) is 0 Å². The number of aryl methyl sites for hydroxylation is 2. The molecule has 18 heavy (non-hydrogen) atoms. The van der Waals surface area contributed by atoms with Gasteiger partial charge in [-0.3, -0.25) is 0 Å². The van der Waals surface area contributed by atoms with Crippen LogP contribution in [0.4, 0.5) is 0 Å². The molecule has 0 atom stereocenters. The molecule has 0 radical (unpaired) electrons. The van der Waals surface area contributed by atoms with Crippen LogP contribution in [0, 0.1) is 0 Å². The van der Waals surface area contributed by atoms with Crippen LogP contribution in [-0.4, -0.2) is 0 Å². The molecule has 2 aromatic carbocycles. The van der Waals surface area contributed by atoms with E-state index >= 15 is 0 Å². The second-order valence-corrected chi connectivity index (χ2v) is 4.29. The summed E-state index contributed by atoms with van der Waals surface area (Å²) in [5.41, 5.74) is 6.64. The van der Waals surface area contributed by atoms with E-state index in [-0.39, 0.29) is 0 Å². The van der Waals surface area contributed by atoms with E-state index in [1.54, 1.807) is 0 Å². The standard InChI is InChI=1S/C16H14.C2H6/c1-12-15-8-4-2-6-13(15)10-11-14-7-3-5-9-16(12)14;1-2/h2-9H,1,10-11H2;1-2H3. The van der Waals surface area contributed by atoms with E-state index in [1.165, 1.54) is 27.8 Å². The lowest BCUT2D eigenvalue weighted by atomic mass is 9.96. The molecule has 0 aliphatic heterocycles. The van der Waals surface area contributed by atoms with Crippen molar-refractivity contribution in [1.29, 1.82) is 0 Å². The zero-order valence-electron chi connectivity index (χ0n) is 11.2. The van der Waals surface area contributed by atoms with Gasteiger partial charge in [-0.1, -0.05) is 69.0 Å². The van der Waals surface area contributed by atoms with Gasteiger partial charge < -0.3 is 0 Å². The Morgan fingerprint density at radius 2 is 1.11 bits per heavy atom. The molecule has 0 saturated carbocycles. The third kappa shape index (κ3) is 2.24. The van der Waals surface area contributed by atoms with Gasteiger partial charge in [0.05, 0.1) is 0 Å². The molecule has 3 rings (SSSR count). The van der Waals surface area contributed by atoms with Crippen LogP contribution in [0.1, 0.15) is 36.1 Å². The van der Waals surface area contributed by atoms with Gasteiger partial charge in [0, 0.05) is 0 Å². The first-order valence-electron chi connectivity index (χ1n) is 6.72. The molecular weight excluding hydrogens is 216 g/mol. The van der Waals surface area contributed by atoms with Crippen molar-refractivity contribution in [3.8, 4) is 0 Å². The fourth-order valence-corrected chi connectivity index (χ4v) is 2.48. The lowest BCUT2D eigenvalue weighted by Crippen LogP contribution is -1.90. The smallest absolute Gasteiger partial charge is 0.0152 e. The fourth-order valence-electron chi connectivity index (χ4n) is 2.48. The van der Waals surface area contributed by atoms with Crippen LogP contribution in [0.5, 0.6) is 0 Å². The van der Waals surface area contributed by atoms with E-state index in [4.69, 9.17) is 0 Å². The Hall–Kier alpha value is -1.82. The van der Waals surface area contributed by atoms with Gasteiger partial charge in [-0.05, 0) is 40.7 Å². The first-order valence-corrected chi connectivity index (χ1v) is 6.72. The molecule has 0 bridgehead atoms. The van der Waals surface area contributed by atoms with Crippen molar-refractivity contribution < 1.29 is 0 Å². The average Bonchev–Trinajstić information content (AvgIpc) is 2.60. The number of hydrogen-bond donors (Lipinski definition) is 0. The van der Waals surface area contributed by atoms with Gasteiger partial charge in [0.25, 0.3) is 0 Å². The van der Waals surface area contributed by atoms with E-state index in [0.717, 1.165) is 12.8 Å². The van der Waals surface area contributed by atoms with Crippen molar-refractivity contribution in [2.24, 2.45) is 0 Å². The summed E-state index contributed by atoms with van der Waals surface area (Å²) < 4.78 is 0. The molecule has 1 aliphatic carbocycles. The maximum atomic E-state index is 4.26. The number of hydrogen-bond acceptors (Lipinski definition) is 0. The highest BCUT2D eigenvalue weighted by atomic mass is 14.2. The third-order valence-electron chi connectivity index (χ3n) is 3.35. The van der Waals surface area contributed by atoms with Crippen LogP contribution in [0.2, 0.25) is 0 Å². The predicted molar refractivity (Wildman–Crippen MR) is 79.8 cm³/mol. The van der Waals surface area contributed by atoms with E-state index in [0.29, 0.717) is 0 Å². The van der Waals surface area contributed by atoms with Gasteiger partial charge in [-0.2, -0.15) is 0 Å². The molecule has 0 N–H and O–H groups in total. The zero-order valence-corrected chi connectivity index (χ0v) is 11.2. The maximum Gasteiger partial charge on any atom is -0.0152 e. The van der Waals surface area contributed by atoms with Gasteiger partial charge >= 0.3 is 0 Å². The predicted octanol–water partition coefficient (Wildman–Crippen LogP) is 4.87. The molecule has 0 nitrogen and oxygen atoms in total. The molecule has 0 amide bonds. The van der Waals surface area contributed by atoms with Crippen LogP contribution in [0.25, 0.3) is 5.57 Å². The molecule has 0 saturated heterocycles. The van der Waals surface area contributed by atoms with E-state index in [1.807, 2.05) is 13.8 Å². The molecule has 2 aromatic rings. The summed E-state index contributed by atoms with van der Waals surface area (Å²) in [6.45, 7) is 8.26. The zero-order chi connectivity index (χ0) is 13.0. The SMILES string of the molecule is C=C1c2ccccc2CCc2ccccc21.CC. The van der Waals surface area contributed by atoms with Crippen molar-refractivity contribution in [3.63, 3.8) is 0 Å². The van der Waals surface area contributed by atoms with Gasteiger partial charge in [0.15, 0.2) is 0 Å². The minimum atomic E-state index is 1.12. The fraction of sp³-hybridized carbons (Fsp3) is 0.222. The highest BCUT2D eigenvalue weighted by Gasteiger charge is 2.14. The van der Waals surface area contributed by atoms with Gasteiger partial charge in [-0.25, -0.2) is 0 Å². The summed E-state index contributed by atoms with van der Waals surface area (Å²) >= 11 is 0. The molecule has 0 heterocycles. The molecule has 0 unspecified atom stereocenters. The summed E-state index contributed by atoms with van der Waals surface area (Å²) in [6, 6.07) is 17.2. The van der Waals surface area contributed by atoms with Crippen molar-refractivity contribution in [3.05, 3.63) is 77.4 Å². The molecule has 0 heteroatoms. The van der Waals surface area contributed by atoms with E-state index in [9.17, 15) is 0 Å². The van der Waals surface area contributed by atoms with Crippen LogP contribution in [-0.2, 0) is 12.8 Å². The summed E-state index contributed by atoms with van der Waals surface area (Å²) in [6.07, 6.45) is 2.23. The minimum Gasteiger partial charge on any atom is -0.0905 e. The summed E-state index contributed by atoms with van der Waals surface area (Å²) in [5, 5.41) is 0. The van der Waals surface area contributed by atoms with Crippen molar-refractivity contribution in [2.45, 2.75) is 26.7 Å². The summed E-state index contributed by atoms with van der Waals surface area (Å²) in [5.74, 6) is 0. The lowest BCUT2D eigenvalue weighted by Gasteiger charge is -2.08. The van der Waals surface area contributed by atoms with Crippen LogP contribution in [0.15, 0.2) is 55.1 Å². The Bertz CT molecular complexity index is 500. The second-order valence-electron chi connectivity index (χ2n) is 4.29. The molecule has 1 aliphatic rings. The summed E-state index contributed by atoms with van der Waals surface area (Å²) in [7, 11) is 0. The normalized spacial score (nSPS) is 12.7. The lowest BCUT2D eigenvalue weighted by molar-refractivity contribution is 0.965. The van der Waals surface area contributed by atoms with E-state index < -0.39 is 0 Å². The van der Waals surface area contributed by atoms with E-state index in [2.05, 4.69) is 55.1 Å². The average molecular weight is 236 g/mol. The number of rotatable bonds is 0.